The van der Waals surface area contributed by atoms with Crippen molar-refractivity contribution in [2.24, 2.45) is 22.2 Å². The van der Waals surface area contributed by atoms with Crippen molar-refractivity contribution in [2.75, 3.05) is 26.2 Å². The first-order valence-corrected chi connectivity index (χ1v) is 15.1. The van der Waals surface area contributed by atoms with Crippen LogP contribution >= 0.6 is 0 Å². The first-order chi connectivity index (χ1) is 21.8. The van der Waals surface area contributed by atoms with E-state index in [1.807, 2.05) is 64.1 Å². The molecule has 0 aliphatic carbocycles. The summed E-state index contributed by atoms with van der Waals surface area (Å²) in [5.74, 6) is 1.14. The van der Waals surface area contributed by atoms with Crippen LogP contribution in [0, 0.1) is 0 Å². The van der Waals surface area contributed by atoms with E-state index in [0.29, 0.717) is 84.8 Å². The zero-order chi connectivity index (χ0) is 31.8. The third kappa shape index (κ3) is 7.77. The van der Waals surface area contributed by atoms with E-state index in [4.69, 9.17) is 26.9 Å². The largest absolute Gasteiger partial charge is 0.457 e. The van der Waals surface area contributed by atoms with Crippen molar-refractivity contribution < 1.29 is 19.1 Å². The van der Waals surface area contributed by atoms with Crippen molar-refractivity contribution in [3.05, 3.63) is 78.4 Å². The highest BCUT2D eigenvalue weighted by atomic mass is 16.5. The molecule has 3 amide bonds. The average Bonchev–Trinajstić information content (AvgIpc) is 3.62. The first kappa shape index (κ1) is 31.0. The molecular weight excluding hydrogens is 572 g/mol. The Labute approximate surface area is 261 Å². The number of carbonyl (C=O) groups is 3. The standard InChI is InChI=1S/C33H38N8O4/c34-30(43)28(12-5-16-38-33(35)36)41-27-15-14-23(32(44)37-17-7-19-40-18-6-13-29(40)42)21-26(27)39-31(41)22-8-4-11-25(20-22)45-24-9-2-1-3-10-24/h1-4,8-11,14-15,20-21,28H,5-7,12-13,16-19H2,(H2,34,43)(H,37,44)(H4,35,36,38)/t28-/m1/s1. The van der Waals surface area contributed by atoms with Gasteiger partial charge in [0.05, 0.1) is 11.0 Å². The Balaban J connectivity index is 1.44. The van der Waals surface area contributed by atoms with Gasteiger partial charge in [-0.1, -0.05) is 30.3 Å². The molecule has 45 heavy (non-hydrogen) atoms. The number of rotatable bonds is 14. The third-order valence-corrected chi connectivity index (χ3v) is 7.65. The second-order valence-electron chi connectivity index (χ2n) is 10.9. The van der Waals surface area contributed by atoms with Gasteiger partial charge in [0, 0.05) is 43.7 Å². The molecule has 234 valence electrons. The van der Waals surface area contributed by atoms with Gasteiger partial charge in [-0.25, -0.2) is 4.98 Å². The Morgan fingerprint density at radius 1 is 0.978 bits per heavy atom. The van der Waals surface area contributed by atoms with Gasteiger partial charge in [0.1, 0.15) is 23.4 Å². The Bertz CT molecular complexity index is 1700. The molecule has 0 spiro atoms. The summed E-state index contributed by atoms with van der Waals surface area (Å²) in [5, 5.41) is 2.94. The number of imidazole rings is 1. The molecule has 0 unspecified atom stereocenters. The summed E-state index contributed by atoms with van der Waals surface area (Å²) >= 11 is 0. The van der Waals surface area contributed by atoms with Gasteiger partial charge in [-0.05, 0) is 68.1 Å². The average molecular weight is 611 g/mol. The van der Waals surface area contributed by atoms with Crippen molar-refractivity contribution in [2.45, 2.75) is 38.1 Å². The smallest absolute Gasteiger partial charge is 0.251 e. The second kappa shape index (κ2) is 14.4. The molecule has 5 rings (SSSR count). The fraction of sp³-hybridized carbons (Fsp3) is 0.303. The lowest BCUT2D eigenvalue weighted by atomic mass is 10.1. The van der Waals surface area contributed by atoms with Crippen LogP contribution in [-0.2, 0) is 9.59 Å². The summed E-state index contributed by atoms with van der Waals surface area (Å²) in [6.45, 7) is 2.17. The summed E-state index contributed by atoms with van der Waals surface area (Å²) in [7, 11) is 0. The monoisotopic (exact) mass is 610 g/mol. The summed E-state index contributed by atoms with van der Waals surface area (Å²) < 4.78 is 7.87. The molecule has 3 aromatic carbocycles. The number of nitrogens with two attached hydrogens (primary N) is 3. The number of aromatic nitrogens is 2. The van der Waals surface area contributed by atoms with Crippen molar-refractivity contribution in [3.8, 4) is 22.9 Å². The molecule has 12 heteroatoms. The molecule has 4 aromatic rings. The highest BCUT2D eigenvalue weighted by Gasteiger charge is 2.25. The van der Waals surface area contributed by atoms with Gasteiger partial charge < -0.3 is 36.7 Å². The van der Waals surface area contributed by atoms with Crippen LogP contribution in [0.15, 0.2) is 77.8 Å². The quantitative estimate of drug-likeness (QED) is 0.0958. The van der Waals surface area contributed by atoms with E-state index in [0.717, 1.165) is 13.0 Å². The number of likely N-dealkylation sites (tertiary alicyclic amines) is 1. The predicted molar refractivity (Wildman–Crippen MR) is 173 cm³/mol. The molecule has 1 saturated heterocycles. The van der Waals surface area contributed by atoms with Crippen LogP contribution in [0.2, 0.25) is 0 Å². The number of primary amides is 1. The van der Waals surface area contributed by atoms with Crippen LogP contribution in [0.5, 0.6) is 11.5 Å². The summed E-state index contributed by atoms with van der Waals surface area (Å²) in [6, 6.07) is 21.3. The fourth-order valence-electron chi connectivity index (χ4n) is 5.49. The van der Waals surface area contributed by atoms with E-state index in [9.17, 15) is 14.4 Å². The molecule has 1 aliphatic rings. The van der Waals surface area contributed by atoms with Gasteiger partial charge in [-0.3, -0.25) is 19.4 Å². The van der Waals surface area contributed by atoms with Crippen molar-refractivity contribution in [1.82, 2.24) is 19.8 Å². The Kier molecular flexibility index (Phi) is 9.93. The molecule has 12 nitrogen and oxygen atoms in total. The molecule has 0 radical (unpaired) electrons. The van der Waals surface area contributed by atoms with Crippen LogP contribution in [0.4, 0.5) is 0 Å². The number of benzene rings is 3. The minimum atomic E-state index is -0.758. The number of fused-ring (bicyclic) bond motifs is 1. The van der Waals surface area contributed by atoms with Gasteiger partial charge in [0.25, 0.3) is 5.91 Å². The van der Waals surface area contributed by atoms with Crippen molar-refractivity contribution in [1.29, 1.82) is 0 Å². The lowest BCUT2D eigenvalue weighted by molar-refractivity contribution is -0.127. The fourth-order valence-corrected chi connectivity index (χ4v) is 5.49. The first-order valence-electron chi connectivity index (χ1n) is 15.1. The van der Waals surface area contributed by atoms with E-state index in [1.165, 1.54) is 0 Å². The van der Waals surface area contributed by atoms with Crippen LogP contribution in [0.3, 0.4) is 0 Å². The van der Waals surface area contributed by atoms with E-state index >= 15 is 0 Å². The summed E-state index contributed by atoms with van der Waals surface area (Å²) in [5.41, 5.74) is 19.2. The Morgan fingerprint density at radius 3 is 2.51 bits per heavy atom. The van der Waals surface area contributed by atoms with E-state index < -0.39 is 11.9 Å². The third-order valence-electron chi connectivity index (χ3n) is 7.65. The number of nitrogens with zero attached hydrogens (tertiary/aromatic N) is 4. The predicted octanol–water partition coefficient (Wildman–Crippen LogP) is 3.32. The number of hydrogen-bond donors (Lipinski definition) is 4. The zero-order valence-corrected chi connectivity index (χ0v) is 25.0. The number of carbonyl (C=O) groups excluding carboxylic acids is 3. The van der Waals surface area contributed by atoms with Gasteiger partial charge in [-0.15, -0.1) is 0 Å². The van der Waals surface area contributed by atoms with E-state index in [1.54, 1.807) is 18.2 Å². The Hall–Kier alpha value is -5.39. The van der Waals surface area contributed by atoms with Crippen molar-refractivity contribution >= 4 is 34.7 Å². The molecule has 1 atom stereocenters. The Morgan fingerprint density at radius 2 is 1.78 bits per heavy atom. The second-order valence-corrected chi connectivity index (χ2v) is 10.9. The summed E-state index contributed by atoms with van der Waals surface area (Å²) in [6.07, 6.45) is 3.02. The van der Waals surface area contributed by atoms with Crippen LogP contribution in [-0.4, -0.2) is 64.3 Å². The van der Waals surface area contributed by atoms with E-state index in [-0.39, 0.29) is 17.8 Å². The van der Waals surface area contributed by atoms with Gasteiger partial charge in [-0.2, -0.15) is 0 Å². The molecular formula is C33H38N8O4. The number of para-hydroxylation sites is 1. The number of amides is 3. The molecule has 2 heterocycles. The zero-order valence-electron chi connectivity index (χ0n) is 25.0. The van der Waals surface area contributed by atoms with Gasteiger partial charge in [0.2, 0.25) is 11.8 Å². The number of ether oxygens (including phenoxy) is 1. The number of guanidine groups is 1. The molecule has 0 saturated carbocycles. The number of nitrogens with one attached hydrogen (secondary N) is 1. The highest BCUT2D eigenvalue weighted by Crippen LogP contribution is 2.33. The lowest BCUT2D eigenvalue weighted by Gasteiger charge is -2.19. The SMILES string of the molecule is NC(=O)[C@@H](CCCN=C(N)N)n1c(-c2cccc(Oc3ccccc3)c2)nc2cc(C(=O)NCCCN3CCCC3=O)ccc21. The normalized spacial score (nSPS) is 13.5. The number of aliphatic imine (C=N–C) groups is 1. The molecule has 1 aromatic heterocycles. The molecule has 7 N–H and O–H groups in total. The molecule has 1 aliphatic heterocycles. The maximum atomic E-state index is 13.1. The minimum Gasteiger partial charge on any atom is -0.457 e. The minimum absolute atomic E-state index is 0.0232. The van der Waals surface area contributed by atoms with Gasteiger partial charge in [0.15, 0.2) is 5.96 Å². The maximum absolute atomic E-state index is 13.1. The topological polar surface area (TPSA) is 184 Å². The van der Waals surface area contributed by atoms with Crippen LogP contribution in [0.1, 0.15) is 48.5 Å². The van der Waals surface area contributed by atoms with E-state index in [2.05, 4.69) is 10.3 Å². The lowest BCUT2D eigenvalue weighted by Crippen LogP contribution is -2.30. The molecule has 0 bridgehead atoms. The van der Waals surface area contributed by atoms with Crippen molar-refractivity contribution in [3.63, 3.8) is 0 Å². The van der Waals surface area contributed by atoms with Gasteiger partial charge >= 0.3 is 0 Å². The summed E-state index contributed by atoms with van der Waals surface area (Å²) in [4.78, 5) is 48.5. The molecule has 1 fully saturated rings. The van der Waals surface area contributed by atoms with Crippen LogP contribution < -0.4 is 27.3 Å². The van der Waals surface area contributed by atoms with Crippen LogP contribution in [0.25, 0.3) is 22.4 Å². The maximum Gasteiger partial charge on any atom is 0.251 e. The number of hydrogen-bond acceptors (Lipinski definition) is 6. The highest BCUT2D eigenvalue weighted by molar-refractivity contribution is 5.98.